The van der Waals surface area contributed by atoms with Gasteiger partial charge in [-0.05, 0) is 61.3 Å². The number of nitriles is 1. The van der Waals surface area contributed by atoms with Crippen molar-refractivity contribution in [1.29, 1.82) is 5.26 Å². The molecule has 2 saturated carbocycles. The molecule has 7 nitrogen and oxygen atoms in total. The highest BCUT2D eigenvalue weighted by molar-refractivity contribution is 5.92. The first-order valence-corrected chi connectivity index (χ1v) is 10.8. The van der Waals surface area contributed by atoms with Gasteiger partial charge in [-0.15, -0.1) is 0 Å². The Morgan fingerprint density at radius 1 is 1.25 bits per heavy atom. The Kier molecular flexibility index (Phi) is 5.17. The Morgan fingerprint density at radius 3 is 2.75 bits per heavy atom. The van der Waals surface area contributed by atoms with Gasteiger partial charge < -0.3 is 10.1 Å². The third-order valence-electron chi connectivity index (χ3n) is 6.68. The van der Waals surface area contributed by atoms with Crippen LogP contribution in [0.4, 0.5) is 10.2 Å². The van der Waals surface area contributed by atoms with Gasteiger partial charge in [0.05, 0.1) is 24.0 Å². The number of benzene rings is 1. The van der Waals surface area contributed by atoms with Gasteiger partial charge in [0.15, 0.2) is 11.5 Å². The molecule has 0 saturated heterocycles. The van der Waals surface area contributed by atoms with Gasteiger partial charge in [0, 0.05) is 17.5 Å². The molecule has 1 amide bonds. The summed E-state index contributed by atoms with van der Waals surface area (Å²) < 4.78 is 19.9. The third kappa shape index (κ3) is 3.75. The lowest BCUT2D eigenvalue weighted by molar-refractivity contribution is -0.121. The van der Waals surface area contributed by atoms with Crippen LogP contribution >= 0.6 is 0 Å². The molecule has 5 rings (SSSR count). The minimum atomic E-state index is -0.312. The Labute approximate surface area is 184 Å². The van der Waals surface area contributed by atoms with Crippen molar-refractivity contribution in [2.75, 3.05) is 5.32 Å². The molecule has 162 valence electrons. The Morgan fingerprint density at radius 2 is 2.06 bits per heavy atom. The highest BCUT2D eigenvalue weighted by atomic mass is 19.1. The van der Waals surface area contributed by atoms with E-state index >= 15 is 0 Å². The van der Waals surface area contributed by atoms with Crippen LogP contribution in [0, 0.1) is 40.8 Å². The molecule has 0 bridgehead atoms. The molecule has 2 aliphatic carbocycles. The molecule has 1 unspecified atom stereocenters. The predicted molar refractivity (Wildman–Crippen MR) is 115 cm³/mol. The lowest BCUT2D eigenvalue weighted by Crippen LogP contribution is -2.27. The average molecular weight is 431 g/mol. The van der Waals surface area contributed by atoms with E-state index in [2.05, 4.69) is 20.3 Å². The minimum Gasteiger partial charge on any atom is -0.490 e. The van der Waals surface area contributed by atoms with E-state index in [1.54, 1.807) is 18.3 Å². The Bertz CT molecular complexity index is 1200. The molecule has 32 heavy (non-hydrogen) atoms. The van der Waals surface area contributed by atoms with E-state index < -0.39 is 0 Å². The van der Waals surface area contributed by atoms with Crippen LogP contribution in [0.2, 0.25) is 0 Å². The zero-order chi connectivity index (χ0) is 22.2. The summed E-state index contributed by atoms with van der Waals surface area (Å²) >= 11 is 0. The predicted octanol–water partition coefficient (Wildman–Crippen LogP) is 4.10. The quantitative estimate of drug-likeness (QED) is 0.631. The second-order valence-electron chi connectivity index (χ2n) is 8.49. The first kappa shape index (κ1) is 20.3. The van der Waals surface area contributed by atoms with Crippen LogP contribution < -0.4 is 10.1 Å². The van der Waals surface area contributed by atoms with E-state index in [9.17, 15) is 9.18 Å². The number of hydrogen-bond acceptors (Lipinski definition) is 6. The van der Waals surface area contributed by atoms with Crippen LogP contribution in [-0.2, 0) is 4.79 Å². The SMILES string of the molecule is CCC(C(=O)Nc1cnc(C#N)cn1)[C@H]1[C@@H]2C[C@@H](Oc3ccnc4ccc(F)cc34)C[C@@H]21. The van der Waals surface area contributed by atoms with Gasteiger partial charge in [-0.1, -0.05) is 6.92 Å². The maximum Gasteiger partial charge on any atom is 0.228 e. The number of hydrogen-bond donors (Lipinski definition) is 1. The van der Waals surface area contributed by atoms with Crippen molar-refractivity contribution in [3.05, 3.63) is 54.4 Å². The zero-order valence-corrected chi connectivity index (χ0v) is 17.5. The molecule has 2 fully saturated rings. The lowest BCUT2D eigenvalue weighted by Gasteiger charge is -2.21. The van der Waals surface area contributed by atoms with Gasteiger partial charge in [0.1, 0.15) is 17.6 Å². The summed E-state index contributed by atoms with van der Waals surface area (Å²) in [7, 11) is 0. The van der Waals surface area contributed by atoms with Gasteiger partial charge in [-0.25, -0.2) is 14.4 Å². The molecule has 1 N–H and O–H groups in total. The molecule has 3 aromatic rings. The standard InChI is InChI=1S/C24H22FN5O2/c1-2-16(24(31)30-22-12-28-14(10-26)11-29-22)23-17-8-15(9-18(17)23)32-21-5-6-27-20-4-3-13(25)7-19(20)21/h3-7,11-12,15-18,23H,2,8-9H2,1H3,(H,29,30,31)/t15-,16?,17-,18+,23+. The molecular formula is C24H22FN5O2. The summed E-state index contributed by atoms with van der Waals surface area (Å²) in [4.78, 5) is 25.1. The maximum atomic E-state index is 13.7. The molecule has 2 aromatic heterocycles. The fourth-order valence-corrected chi connectivity index (χ4v) is 5.21. The monoisotopic (exact) mass is 431 g/mol. The van der Waals surface area contributed by atoms with Crippen molar-refractivity contribution in [3.8, 4) is 11.8 Å². The van der Waals surface area contributed by atoms with E-state index in [0.29, 0.717) is 40.2 Å². The molecule has 8 heteroatoms. The highest BCUT2D eigenvalue weighted by Gasteiger charge is 2.60. The fraction of sp³-hybridized carbons (Fsp3) is 0.375. The van der Waals surface area contributed by atoms with Gasteiger partial charge in [0.25, 0.3) is 0 Å². The van der Waals surface area contributed by atoms with Crippen molar-refractivity contribution < 1.29 is 13.9 Å². The first-order valence-electron chi connectivity index (χ1n) is 10.8. The molecule has 5 atom stereocenters. The lowest BCUT2D eigenvalue weighted by atomic mass is 9.93. The van der Waals surface area contributed by atoms with Crippen molar-refractivity contribution >= 4 is 22.6 Å². The molecule has 0 aliphatic heterocycles. The molecule has 2 aliphatic rings. The van der Waals surface area contributed by atoms with Gasteiger partial charge in [-0.2, -0.15) is 5.26 Å². The molecule has 1 aromatic carbocycles. The van der Waals surface area contributed by atoms with Gasteiger partial charge in [-0.3, -0.25) is 9.78 Å². The highest BCUT2D eigenvalue weighted by Crippen LogP contribution is 2.62. The molecule has 0 spiro atoms. The third-order valence-corrected chi connectivity index (χ3v) is 6.68. The molecule has 2 heterocycles. The number of anilines is 1. The number of rotatable bonds is 6. The zero-order valence-electron chi connectivity index (χ0n) is 17.5. The molecule has 0 radical (unpaired) electrons. The van der Waals surface area contributed by atoms with E-state index in [1.807, 2.05) is 13.0 Å². The van der Waals surface area contributed by atoms with E-state index in [4.69, 9.17) is 10.00 Å². The number of carbonyl (C=O) groups excluding carboxylic acids is 1. The second kappa shape index (κ2) is 8.15. The largest absolute Gasteiger partial charge is 0.490 e. The number of halogens is 1. The van der Waals surface area contributed by atoms with Gasteiger partial charge in [0.2, 0.25) is 5.91 Å². The number of pyridine rings is 1. The summed E-state index contributed by atoms with van der Waals surface area (Å²) in [6.07, 6.45) is 7.00. The molecular weight excluding hydrogens is 409 g/mol. The summed E-state index contributed by atoms with van der Waals surface area (Å²) in [6.45, 7) is 2.02. The number of nitrogens with one attached hydrogen (secondary N) is 1. The number of nitrogens with zero attached hydrogens (tertiary/aromatic N) is 4. The van der Waals surface area contributed by atoms with Crippen LogP contribution in [0.15, 0.2) is 42.9 Å². The van der Waals surface area contributed by atoms with Gasteiger partial charge >= 0.3 is 0 Å². The summed E-state index contributed by atoms with van der Waals surface area (Å²) in [6, 6.07) is 8.20. The smallest absolute Gasteiger partial charge is 0.228 e. The van der Waals surface area contributed by atoms with Crippen LogP contribution in [0.1, 0.15) is 31.9 Å². The number of aromatic nitrogens is 3. The summed E-state index contributed by atoms with van der Waals surface area (Å²) in [5, 5.41) is 12.3. The number of carbonyl (C=O) groups is 1. The first-order chi connectivity index (χ1) is 15.6. The number of amides is 1. The van der Waals surface area contributed by atoms with Crippen molar-refractivity contribution in [3.63, 3.8) is 0 Å². The van der Waals surface area contributed by atoms with E-state index in [1.165, 1.54) is 24.5 Å². The summed E-state index contributed by atoms with van der Waals surface area (Å²) in [5.41, 5.74) is 0.918. The maximum absolute atomic E-state index is 13.7. The Hall–Kier alpha value is -3.60. The van der Waals surface area contributed by atoms with E-state index in [0.717, 1.165) is 19.3 Å². The number of fused-ring (bicyclic) bond motifs is 2. The van der Waals surface area contributed by atoms with Crippen molar-refractivity contribution in [1.82, 2.24) is 15.0 Å². The van der Waals surface area contributed by atoms with Crippen molar-refractivity contribution in [2.24, 2.45) is 23.7 Å². The van der Waals surface area contributed by atoms with Crippen LogP contribution in [-0.4, -0.2) is 27.0 Å². The minimum absolute atomic E-state index is 0.0556. The van der Waals surface area contributed by atoms with Crippen LogP contribution in [0.25, 0.3) is 10.9 Å². The van der Waals surface area contributed by atoms with E-state index in [-0.39, 0.29) is 29.4 Å². The summed E-state index contributed by atoms with van der Waals surface area (Å²) in [5.74, 6) is 1.78. The van der Waals surface area contributed by atoms with Crippen LogP contribution in [0.3, 0.4) is 0 Å². The fourth-order valence-electron chi connectivity index (χ4n) is 5.21. The Balaban J connectivity index is 1.21. The number of ether oxygens (including phenoxy) is 1. The normalized spacial score (nSPS) is 24.4. The van der Waals surface area contributed by atoms with Crippen LogP contribution in [0.5, 0.6) is 5.75 Å². The van der Waals surface area contributed by atoms with Crippen molar-refractivity contribution in [2.45, 2.75) is 32.3 Å². The topological polar surface area (TPSA) is 101 Å². The average Bonchev–Trinajstić information content (AvgIpc) is 3.27. The second-order valence-corrected chi connectivity index (χ2v) is 8.49.